The number of carbonyl (C=O) groups excluding carboxylic acids is 1. The Hall–Kier alpha value is -3.07. The van der Waals surface area contributed by atoms with E-state index in [1.807, 2.05) is 55.5 Å². The second kappa shape index (κ2) is 10.6. The molecule has 0 radical (unpaired) electrons. The number of hydrogen-bond donors (Lipinski definition) is 0. The molecule has 0 aromatic heterocycles. The quantitative estimate of drug-likeness (QED) is 0.361. The van der Waals surface area contributed by atoms with Crippen LogP contribution in [0.3, 0.4) is 0 Å². The summed E-state index contributed by atoms with van der Waals surface area (Å²) in [6, 6.07) is 23.9. The highest BCUT2D eigenvalue weighted by molar-refractivity contribution is 5.90. The molecule has 0 heterocycles. The summed E-state index contributed by atoms with van der Waals surface area (Å²) in [7, 11) is 0. The van der Waals surface area contributed by atoms with Gasteiger partial charge >= 0.3 is 5.97 Å². The third-order valence-corrected chi connectivity index (χ3v) is 5.16. The van der Waals surface area contributed by atoms with Crippen molar-refractivity contribution >= 4 is 5.97 Å². The van der Waals surface area contributed by atoms with Gasteiger partial charge in [0.05, 0.1) is 12.2 Å². The number of esters is 1. The maximum atomic E-state index is 12.7. The Morgan fingerprint density at radius 3 is 1.93 bits per heavy atom. The van der Waals surface area contributed by atoms with Gasteiger partial charge < -0.3 is 9.47 Å². The van der Waals surface area contributed by atoms with Crippen molar-refractivity contribution in [2.45, 2.75) is 46.1 Å². The zero-order valence-corrected chi connectivity index (χ0v) is 18.1. The van der Waals surface area contributed by atoms with E-state index in [1.165, 1.54) is 5.56 Å². The van der Waals surface area contributed by atoms with Crippen molar-refractivity contribution in [3.8, 4) is 16.9 Å². The fourth-order valence-electron chi connectivity index (χ4n) is 3.31. The Morgan fingerprint density at radius 2 is 1.40 bits per heavy atom. The number of hydrogen-bond acceptors (Lipinski definition) is 3. The molecular weight excluding hydrogens is 372 g/mol. The fraction of sp³-hybridized carbons (Fsp3) is 0.296. The van der Waals surface area contributed by atoms with Gasteiger partial charge in [-0.1, -0.05) is 69.3 Å². The fourth-order valence-corrected chi connectivity index (χ4v) is 3.31. The smallest absolute Gasteiger partial charge is 0.338 e. The highest BCUT2D eigenvalue weighted by atomic mass is 16.5. The van der Waals surface area contributed by atoms with E-state index in [4.69, 9.17) is 9.47 Å². The molecule has 1 atom stereocenters. The molecule has 3 nitrogen and oxygen atoms in total. The normalized spacial score (nSPS) is 11.7. The van der Waals surface area contributed by atoms with Crippen LogP contribution < -0.4 is 4.74 Å². The zero-order valence-electron chi connectivity index (χ0n) is 18.1. The van der Waals surface area contributed by atoms with Gasteiger partial charge in [0.25, 0.3) is 0 Å². The van der Waals surface area contributed by atoms with Gasteiger partial charge in [0.15, 0.2) is 0 Å². The van der Waals surface area contributed by atoms with E-state index in [1.54, 1.807) is 0 Å². The third-order valence-electron chi connectivity index (χ3n) is 5.16. The van der Waals surface area contributed by atoms with Gasteiger partial charge in [0.2, 0.25) is 0 Å². The molecule has 0 fully saturated rings. The molecule has 0 spiro atoms. The maximum Gasteiger partial charge on any atom is 0.338 e. The minimum Gasteiger partial charge on any atom is -0.494 e. The molecule has 0 aliphatic carbocycles. The molecule has 0 amide bonds. The Morgan fingerprint density at radius 1 is 0.800 bits per heavy atom. The van der Waals surface area contributed by atoms with Crippen LogP contribution in [-0.4, -0.2) is 12.6 Å². The van der Waals surface area contributed by atoms with Crippen LogP contribution in [0.5, 0.6) is 5.75 Å². The van der Waals surface area contributed by atoms with Crippen LogP contribution in [0.4, 0.5) is 0 Å². The van der Waals surface area contributed by atoms with Crippen LogP contribution >= 0.6 is 0 Å². The molecule has 30 heavy (non-hydrogen) atoms. The first-order chi connectivity index (χ1) is 14.6. The van der Waals surface area contributed by atoms with Crippen molar-refractivity contribution in [1.29, 1.82) is 0 Å². The lowest BCUT2D eigenvalue weighted by Crippen LogP contribution is -2.11. The average molecular weight is 403 g/mol. The predicted octanol–water partition coefficient (Wildman–Crippen LogP) is 7.01. The number of aryl methyl sites for hydroxylation is 1. The first kappa shape index (κ1) is 21.6. The van der Waals surface area contributed by atoms with Gasteiger partial charge in [-0.3, -0.25) is 0 Å². The Balaban J connectivity index is 1.66. The van der Waals surface area contributed by atoms with Crippen molar-refractivity contribution in [2.24, 2.45) is 0 Å². The minimum atomic E-state index is -0.295. The second-order valence-electron chi connectivity index (χ2n) is 7.35. The molecule has 1 unspecified atom stereocenters. The van der Waals surface area contributed by atoms with Gasteiger partial charge in [0, 0.05) is 0 Å². The predicted molar refractivity (Wildman–Crippen MR) is 122 cm³/mol. The first-order valence-electron chi connectivity index (χ1n) is 10.8. The average Bonchev–Trinajstić information content (AvgIpc) is 2.81. The van der Waals surface area contributed by atoms with Crippen LogP contribution in [0.2, 0.25) is 0 Å². The van der Waals surface area contributed by atoms with Crippen molar-refractivity contribution in [3.05, 3.63) is 89.5 Å². The number of benzene rings is 3. The largest absolute Gasteiger partial charge is 0.494 e. The standard InChI is InChI=1S/C27H30O3/c1-4-19-29-25-17-15-22(16-18-25)21-11-13-24(14-12-21)27(28)30-26(6-3)23-9-7-20(5-2)8-10-23/h7-18,26H,4-6,19H2,1-3H3. The summed E-state index contributed by atoms with van der Waals surface area (Å²) in [5.41, 5.74) is 5.01. The Labute approximate surface area is 179 Å². The molecule has 0 saturated carbocycles. The molecule has 156 valence electrons. The highest BCUT2D eigenvalue weighted by Gasteiger charge is 2.16. The molecule has 3 aromatic carbocycles. The van der Waals surface area contributed by atoms with Crippen molar-refractivity contribution < 1.29 is 14.3 Å². The topological polar surface area (TPSA) is 35.5 Å². The second-order valence-corrected chi connectivity index (χ2v) is 7.35. The Kier molecular flexibility index (Phi) is 7.67. The molecule has 3 heteroatoms. The van der Waals surface area contributed by atoms with E-state index in [0.717, 1.165) is 48.3 Å². The molecule has 0 aliphatic rings. The first-order valence-corrected chi connectivity index (χ1v) is 10.8. The zero-order chi connectivity index (χ0) is 21.3. The number of ether oxygens (including phenoxy) is 2. The van der Waals surface area contributed by atoms with E-state index in [2.05, 4.69) is 38.1 Å². The van der Waals surface area contributed by atoms with Crippen molar-refractivity contribution in [2.75, 3.05) is 6.61 Å². The molecule has 0 N–H and O–H groups in total. The van der Waals surface area contributed by atoms with Gasteiger partial charge in [-0.05, 0) is 65.8 Å². The molecule has 0 aliphatic heterocycles. The summed E-state index contributed by atoms with van der Waals surface area (Å²) >= 11 is 0. The maximum absolute atomic E-state index is 12.7. The third kappa shape index (κ3) is 5.50. The monoisotopic (exact) mass is 402 g/mol. The summed E-state index contributed by atoms with van der Waals surface area (Å²) in [6.07, 6.45) is 2.49. The molecular formula is C27H30O3. The van der Waals surface area contributed by atoms with Gasteiger partial charge in [-0.25, -0.2) is 4.79 Å². The lowest BCUT2D eigenvalue weighted by molar-refractivity contribution is 0.0288. The van der Waals surface area contributed by atoms with Crippen LogP contribution in [0.25, 0.3) is 11.1 Å². The summed E-state index contributed by atoms with van der Waals surface area (Å²) < 4.78 is 11.4. The van der Waals surface area contributed by atoms with E-state index < -0.39 is 0 Å². The van der Waals surface area contributed by atoms with Crippen molar-refractivity contribution in [1.82, 2.24) is 0 Å². The Bertz CT molecular complexity index is 925. The van der Waals surface area contributed by atoms with Gasteiger partial charge in [-0.2, -0.15) is 0 Å². The molecule has 0 bridgehead atoms. The van der Waals surface area contributed by atoms with Crippen LogP contribution in [0.1, 0.15) is 61.2 Å². The summed E-state index contributed by atoms with van der Waals surface area (Å²) in [5.74, 6) is 0.578. The van der Waals surface area contributed by atoms with E-state index in [9.17, 15) is 4.79 Å². The van der Waals surface area contributed by atoms with Crippen LogP contribution in [0, 0.1) is 0 Å². The van der Waals surface area contributed by atoms with E-state index in [-0.39, 0.29) is 12.1 Å². The summed E-state index contributed by atoms with van der Waals surface area (Å²) in [4.78, 5) is 12.7. The van der Waals surface area contributed by atoms with Crippen LogP contribution in [0.15, 0.2) is 72.8 Å². The lowest BCUT2D eigenvalue weighted by atomic mass is 10.0. The van der Waals surface area contributed by atoms with Gasteiger partial charge in [0.1, 0.15) is 11.9 Å². The lowest BCUT2D eigenvalue weighted by Gasteiger charge is -2.17. The molecule has 0 saturated heterocycles. The number of rotatable bonds is 9. The summed E-state index contributed by atoms with van der Waals surface area (Å²) in [5, 5.41) is 0. The van der Waals surface area contributed by atoms with Crippen LogP contribution in [-0.2, 0) is 11.2 Å². The molecule has 3 aromatic rings. The minimum absolute atomic E-state index is 0.237. The van der Waals surface area contributed by atoms with Gasteiger partial charge in [-0.15, -0.1) is 0 Å². The summed E-state index contributed by atoms with van der Waals surface area (Å²) in [6.45, 7) is 6.97. The SMILES string of the molecule is CCCOc1ccc(-c2ccc(C(=O)OC(CC)c3ccc(CC)cc3)cc2)cc1. The molecule has 3 rings (SSSR count). The van der Waals surface area contributed by atoms with E-state index in [0.29, 0.717) is 5.56 Å². The van der Waals surface area contributed by atoms with E-state index >= 15 is 0 Å². The highest BCUT2D eigenvalue weighted by Crippen LogP contribution is 2.26. The van der Waals surface area contributed by atoms with Crippen molar-refractivity contribution in [3.63, 3.8) is 0 Å². The number of carbonyl (C=O) groups is 1.